The van der Waals surface area contributed by atoms with E-state index in [0.717, 1.165) is 59.2 Å². The lowest BCUT2D eigenvalue weighted by atomic mass is 9.91. The molecule has 5 rings (SSSR count). The van der Waals surface area contributed by atoms with Gasteiger partial charge in [0.15, 0.2) is 0 Å². The van der Waals surface area contributed by atoms with Gasteiger partial charge in [-0.25, -0.2) is 0 Å². The van der Waals surface area contributed by atoms with Gasteiger partial charge in [-0.05, 0) is 77.9 Å². The first kappa shape index (κ1) is 23.0. The summed E-state index contributed by atoms with van der Waals surface area (Å²) in [5.41, 5.74) is 5.43. The number of carbonyl (C=O) groups excluding carboxylic acids is 1. The van der Waals surface area contributed by atoms with Crippen LogP contribution in [-0.2, 0) is 11.3 Å². The van der Waals surface area contributed by atoms with Gasteiger partial charge in [-0.1, -0.05) is 65.7 Å². The second-order valence-corrected chi connectivity index (χ2v) is 9.68. The molecule has 2 N–H and O–H groups in total. The summed E-state index contributed by atoms with van der Waals surface area (Å²) < 4.78 is 0. The summed E-state index contributed by atoms with van der Waals surface area (Å²) in [7, 11) is 0. The zero-order valence-corrected chi connectivity index (χ0v) is 20.2. The van der Waals surface area contributed by atoms with Gasteiger partial charge in [0.1, 0.15) is 5.75 Å². The van der Waals surface area contributed by atoms with Crippen LogP contribution < -0.4 is 5.32 Å². The van der Waals surface area contributed by atoms with Crippen molar-refractivity contribution in [2.75, 3.05) is 13.1 Å². The summed E-state index contributed by atoms with van der Waals surface area (Å²) >= 11 is 12.7. The van der Waals surface area contributed by atoms with Crippen molar-refractivity contribution in [2.45, 2.75) is 31.8 Å². The molecule has 3 aromatic rings. The molecule has 4 nitrogen and oxygen atoms in total. The topological polar surface area (TPSA) is 52.6 Å². The molecule has 1 aliphatic carbocycles. The third kappa shape index (κ3) is 4.85. The van der Waals surface area contributed by atoms with Crippen molar-refractivity contribution in [3.8, 4) is 16.9 Å². The molecule has 3 aromatic carbocycles. The summed E-state index contributed by atoms with van der Waals surface area (Å²) in [5.74, 6) is 0.212. The molecular weight excluding hydrogens is 467 g/mol. The number of amides is 1. The Morgan fingerprint density at radius 1 is 0.971 bits per heavy atom. The van der Waals surface area contributed by atoms with Gasteiger partial charge in [0.25, 0.3) is 5.91 Å². The van der Waals surface area contributed by atoms with Crippen LogP contribution in [0, 0.1) is 0 Å². The minimum atomic E-state index is 0.0188. The van der Waals surface area contributed by atoms with E-state index in [1.807, 2.05) is 47.4 Å². The van der Waals surface area contributed by atoms with Crippen molar-refractivity contribution < 1.29 is 9.90 Å². The lowest BCUT2D eigenvalue weighted by Crippen LogP contribution is -2.39. The highest BCUT2D eigenvalue weighted by molar-refractivity contribution is 6.42. The lowest BCUT2D eigenvalue weighted by Gasteiger charge is -2.29. The van der Waals surface area contributed by atoms with Gasteiger partial charge in [0.05, 0.1) is 10.0 Å². The quantitative estimate of drug-likeness (QED) is 0.424. The summed E-state index contributed by atoms with van der Waals surface area (Å²) in [6, 6.07) is 21.3. The van der Waals surface area contributed by atoms with Gasteiger partial charge in [0, 0.05) is 24.7 Å². The van der Waals surface area contributed by atoms with Crippen LogP contribution >= 0.6 is 23.2 Å². The Labute approximate surface area is 209 Å². The number of halogens is 2. The molecule has 174 valence electrons. The fraction of sp³-hybridized carbons (Fsp3) is 0.250. The summed E-state index contributed by atoms with van der Waals surface area (Å²) in [5, 5.41) is 14.9. The van der Waals surface area contributed by atoms with Crippen molar-refractivity contribution in [2.24, 2.45) is 0 Å². The molecule has 0 unspecified atom stereocenters. The van der Waals surface area contributed by atoms with Crippen molar-refractivity contribution in [3.63, 3.8) is 0 Å². The van der Waals surface area contributed by atoms with Gasteiger partial charge in [-0.2, -0.15) is 0 Å². The van der Waals surface area contributed by atoms with E-state index in [4.69, 9.17) is 23.2 Å². The zero-order valence-electron chi connectivity index (χ0n) is 18.7. The standard InChI is InChI=1S/C28H26Cl2N2O2/c29-26-8-4-7-19(27(26)30)17-32(22-9-10-22)28(34)25-16-31-12-11-24(25)21-13-20(14-23(33)15-21)18-5-2-1-3-6-18/h1-8,13-15,22,31,33H,9-12,16-17H2. The molecular formula is C28H26Cl2N2O2. The van der Waals surface area contributed by atoms with E-state index in [9.17, 15) is 9.90 Å². The number of hydrogen-bond acceptors (Lipinski definition) is 3. The predicted octanol–water partition coefficient (Wildman–Crippen LogP) is 6.30. The normalized spacial score (nSPS) is 15.9. The maximum Gasteiger partial charge on any atom is 0.251 e. The number of aromatic hydroxyl groups is 1. The van der Waals surface area contributed by atoms with E-state index < -0.39 is 0 Å². The van der Waals surface area contributed by atoms with Crippen LogP contribution in [0.25, 0.3) is 16.7 Å². The average Bonchev–Trinajstić information content (AvgIpc) is 3.70. The summed E-state index contributed by atoms with van der Waals surface area (Å²) in [6.07, 6.45) is 2.70. The highest BCUT2D eigenvalue weighted by Crippen LogP contribution is 2.36. The van der Waals surface area contributed by atoms with Crippen molar-refractivity contribution >= 4 is 34.7 Å². The third-order valence-electron chi connectivity index (χ3n) is 6.47. The van der Waals surface area contributed by atoms with E-state index in [-0.39, 0.29) is 17.7 Å². The number of hydrogen-bond donors (Lipinski definition) is 2. The molecule has 34 heavy (non-hydrogen) atoms. The molecule has 1 amide bonds. The molecule has 0 aromatic heterocycles. The van der Waals surface area contributed by atoms with E-state index in [0.29, 0.717) is 23.1 Å². The molecule has 6 heteroatoms. The van der Waals surface area contributed by atoms with E-state index in [1.54, 1.807) is 18.2 Å². The lowest BCUT2D eigenvalue weighted by molar-refractivity contribution is -0.128. The second kappa shape index (κ2) is 9.83. The van der Waals surface area contributed by atoms with Crippen molar-refractivity contribution in [1.82, 2.24) is 10.2 Å². The fourth-order valence-electron chi connectivity index (χ4n) is 4.57. The van der Waals surface area contributed by atoms with Crippen LogP contribution in [0.1, 0.15) is 30.4 Å². The van der Waals surface area contributed by atoms with Crippen LogP contribution in [-0.4, -0.2) is 35.0 Å². The van der Waals surface area contributed by atoms with Crippen LogP contribution in [0.4, 0.5) is 0 Å². The number of phenolic OH excluding ortho intramolecular Hbond substituents is 1. The molecule has 1 fully saturated rings. The van der Waals surface area contributed by atoms with Gasteiger partial charge >= 0.3 is 0 Å². The molecule has 2 aliphatic rings. The fourth-order valence-corrected chi connectivity index (χ4v) is 4.95. The average molecular weight is 493 g/mol. The molecule has 0 bridgehead atoms. The number of rotatable bonds is 6. The number of benzene rings is 3. The minimum absolute atomic E-state index is 0.0188. The molecule has 1 aliphatic heterocycles. The first-order chi connectivity index (χ1) is 16.5. The highest BCUT2D eigenvalue weighted by Gasteiger charge is 2.35. The molecule has 0 radical (unpaired) electrons. The molecule has 0 atom stereocenters. The van der Waals surface area contributed by atoms with Crippen LogP contribution in [0.2, 0.25) is 10.0 Å². The minimum Gasteiger partial charge on any atom is -0.508 e. The Kier molecular flexibility index (Phi) is 6.64. The Bertz CT molecular complexity index is 1250. The highest BCUT2D eigenvalue weighted by atomic mass is 35.5. The first-order valence-corrected chi connectivity index (χ1v) is 12.3. The predicted molar refractivity (Wildman–Crippen MR) is 138 cm³/mol. The van der Waals surface area contributed by atoms with E-state index >= 15 is 0 Å². The van der Waals surface area contributed by atoms with Gasteiger partial charge in [0.2, 0.25) is 0 Å². The smallest absolute Gasteiger partial charge is 0.251 e. The summed E-state index contributed by atoms with van der Waals surface area (Å²) in [4.78, 5) is 15.8. The van der Waals surface area contributed by atoms with Crippen LogP contribution in [0.3, 0.4) is 0 Å². The molecule has 0 spiro atoms. The Hall–Kier alpha value is -2.79. The van der Waals surface area contributed by atoms with Crippen molar-refractivity contribution in [3.05, 3.63) is 93.5 Å². The van der Waals surface area contributed by atoms with E-state index in [2.05, 4.69) is 11.4 Å². The zero-order chi connectivity index (χ0) is 23.7. The SMILES string of the molecule is O=C(C1=C(c2cc(O)cc(-c3ccccc3)c2)CCNC1)N(Cc1cccc(Cl)c1Cl)C1CC1. The number of carbonyl (C=O) groups is 1. The van der Waals surface area contributed by atoms with Gasteiger partial charge in [-0.15, -0.1) is 0 Å². The third-order valence-corrected chi connectivity index (χ3v) is 7.33. The van der Waals surface area contributed by atoms with Crippen LogP contribution in [0.5, 0.6) is 5.75 Å². The van der Waals surface area contributed by atoms with Crippen LogP contribution in [0.15, 0.2) is 72.3 Å². The Morgan fingerprint density at radius 2 is 1.74 bits per heavy atom. The molecule has 0 saturated heterocycles. The Morgan fingerprint density at radius 3 is 2.50 bits per heavy atom. The monoisotopic (exact) mass is 492 g/mol. The second-order valence-electron chi connectivity index (χ2n) is 8.90. The number of nitrogens with one attached hydrogen (secondary N) is 1. The van der Waals surface area contributed by atoms with Gasteiger partial charge < -0.3 is 15.3 Å². The van der Waals surface area contributed by atoms with Gasteiger partial charge in [-0.3, -0.25) is 4.79 Å². The maximum atomic E-state index is 13.9. The van der Waals surface area contributed by atoms with Crippen molar-refractivity contribution in [1.29, 1.82) is 0 Å². The summed E-state index contributed by atoms with van der Waals surface area (Å²) in [6.45, 7) is 1.71. The number of phenols is 1. The first-order valence-electron chi connectivity index (χ1n) is 11.6. The molecule has 1 heterocycles. The van der Waals surface area contributed by atoms with E-state index in [1.165, 1.54) is 0 Å². The maximum absolute atomic E-state index is 13.9. The number of nitrogens with zero attached hydrogens (tertiary/aromatic N) is 1. The molecule has 1 saturated carbocycles. The Balaban J connectivity index is 1.52. The largest absolute Gasteiger partial charge is 0.508 e.